The predicted octanol–water partition coefficient (Wildman–Crippen LogP) is 1.49. The van der Waals surface area contributed by atoms with E-state index >= 15 is 0 Å². The van der Waals surface area contributed by atoms with E-state index in [9.17, 15) is 4.79 Å². The van der Waals surface area contributed by atoms with Crippen molar-refractivity contribution in [2.45, 2.75) is 18.9 Å². The van der Waals surface area contributed by atoms with Gasteiger partial charge in [-0.25, -0.2) is 4.99 Å². The molecule has 0 radical (unpaired) electrons. The highest BCUT2D eigenvalue weighted by Gasteiger charge is 2.15. The highest BCUT2D eigenvalue weighted by Crippen LogP contribution is 2.10. The summed E-state index contributed by atoms with van der Waals surface area (Å²) in [6.45, 7) is 2.69. The fourth-order valence-corrected chi connectivity index (χ4v) is 2.33. The van der Waals surface area contributed by atoms with Crippen molar-refractivity contribution in [2.75, 3.05) is 46.9 Å². The SMILES string of the molecule is CN(C)C(=O)CN=C(NCCOc1ccccc1)NCC1CCCO1.I. The zero-order chi connectivity index (χ0) is 17.9. The van der Waals surface area contributed by atoms with E-state index in [1.165, 1.54) is 4.90 Å². The predicted molar refractivity (Wildman–Crippen MR) is 113 cm³/mol. The number of carbonyl (C=O) groups is 1. The number of rotatable bonds is 8. The summed E-state index contributed by atoms with van der Waals surface area (Å²) in [5, 5.41) is 6.44. The number of ether oxygens (including phenoxy) is 2. The van der Waals surface area contributed by atoms with Gasteiger partial charge in [-0.15, -0.1) is 24.0 Å². The third-order valence-corrected chi connectivity index (χ3v) is 3.80. The van der Waals surface area contributed by atoms with Crippen LogP contribution in [0.3, 0.4) is 0 Å². The summed E-state index contributed by atoms with van der Waals surface area (Å²) in [5.41, 5.74) is 0. The van der Waals surface area contributed by atoms with Crippen molar-refractivity contribution in [2.24, 2.45) is 4.99 Å². The summed E-state index contributed by atoms with van der Waals surface area (Å²) < 4.78 is 11.3. The lowest BCUT2D eigenvalue weighted by Gasteiger charge is -2.16. The third-order valence-electron chi connectivity index (χ3n) is 3.80. The molecule has 1 unspecified atom stereocenters. The van der Waals surface area contributed by atoms with Crippen molar-refractivity contribution in [1.82, 2.24) is 15.5 Å². The number of nitrogens with zero attached hydrogens (tertiary/aromatic N) is 2. The van der Waals surface area contributed by atoms with Gasteiger partial charge < -0.3 is 25.0 Å². The Kier molecular flexibility index (Phi) is 11.0. The normalized spacial score (nSPS) is 16.5. The Labute approximate surface area is 172 Å². The number of aliphatic imine (C=N–C) groups is 1. The van der Waals surface area contributed by atoms with Crippen LogP contribution in [0.25, 0.3) is 0 Å². The maximum Gasteiger partial charge on any atom is 0.243 e. The Bertz CT molecular complexity index is 549. The third kappa shape index (κ3) is 8.70. The first-order valence-corrected chi connectivity index (χ1v) is 8.67. The van der Waals surface area contributed by atoms with E-state index in [1.807, 2.05) is 30.3 Å². The molecule has 1 fully saturated rings. The van der Waals surface area contributed by atoms with Gasteiger partial charge >= 0.3 is 0 Å². The molecule has 26 heavy (non-hydrogen) atoms. The highest BCUT2D eigenvalue weighted by atomic mass is 127. The van der Waals surface area contributed by atoms with E-state index in [0.29, 0.717) is 25.7 Å². The largest absolute Gasteiger partial charge is 0.492 e. The number of guanidine groups is 1. The number of carbonyl (C=O) groups excluding carboxylic acids is 1. The minimum Gasteiger partial charge on any atom is -0.492 e. The number of amides is 1. The van der Waals surface area contributed by atoms with Crippen molar-refractivity contribution in [3.63, 3.8) is 0 Å². The average molecular weight is 476 g/mol. The highest BCUT2D eigenvalue weighted by molar-refractivity contribution is 14.0. The molecule has 7 nitrogen and oxygen atoms in total. The number of nitrogens with one attached hydrogen (secondary N) is 2. The van der Waals surface area contributed by atoms with E-state index in [1.54, 1.807) is 14.1 Å². The van der Waals surface area contributed by atoms with E-state index in [2.05, 4.69) is 15.6 Å². The Morgan fingerprint density at radius 1 is 1.31 bits per heavy atom. The molecule has 1 heterocycles. The molecule has 1 aliphatic heterocycles. The molecule has 0 aliphatic carbocycles. The van der Waals surface area contributed by atoms with Crippen LogP contribution in [0.5, 0.6) is 5.75 Å². The number of para-hydroxylation sites is 1. The number of halogens is 1. The van der Waals surface area contributed by atoms with Gasteiger partial charge in [0.1, 0.15) is 18.9 Å². The van der Waals surface area contributed by atoms with Gasteiger partial charge in [-0.2, -0.15) is 0 Å². The molecular formula is C18H29IN4O3. The molecule has 2 rings (SSSR count). The second-order valence-electron chi connectivity index (χ2n) is 6.06. The lowest BCUT2D eigenvalue weighted by Crippen LogP contribution is -2.43. The summed E-state index contributed by atoms with van der Waals surface area (Å²) in [6, 6.07) is 9.66. The van der Waals surface area contributed by atoms with Crippen LogP contribution in [0.2, 0.25) is 0 Å². The molecule has 1 saturated heterocycles. The summed E-state index contributed by atoms with van der Waals surface area (Å²) in [6.07, 6.45) is 2.35. The lowest BCUT2D eigenvalue weighted by molar-refractivity contribution is -0.127. The standard InChI is InChI=1S/C18H28N4O3.HI/c1-22(2)17(23)14-21-18(20-13-16-9-6-11-24-16)19-10-12-25-15-7-4-3-5-8-15;/h3-5,7-8,16H,6,9-14H2,1-2H3,(H2,19,20,21);1H. The Hall–Kier alpha value is -1.55. The molecule has 0 saturated carbocycles. The van der Waals surface area contributed by atoms with Crippen molar-refractivity contribution < 1.29 is 14.3 Å². The van der Waals surface area contributed by atoms with Gasteiger partial charge in [-0.3, -0.25) is 4.79 Å². The van der Waals surface area contributed by atoms with Crippen LogP contribution >= 0.6 is 24.0 Å². The van der Waals surface area contributed by atoms with Crippen molar-refractivity contribution in [3.05, 3.63) is 30.3 Å². The van der Waals surface area contributed by atoms with Crippen molar-refractivity contribution in [3.8, 4) is 5.75 Å². The van der Waals surface area contributed by atoms with E-state index in [-0.39, 0.29) is 42.5 Å². The van der Waals surface area contributed by atoms with Crippen molar-refractivity contribution >= 4 is 35.8 Å². The Balaban J connectivity index is 0.00000338. The summed E-state index contributed by atoms with van der Waals surface area (Å²) in [5.74, 6) is 1.39. The molecule has 1 aromatic carbocycles. The zero-order valence-corrected chi connectivity index (χ0v) is 17.8. The van der Waals surface area contributed by atoms with Gasteiger partial charge in [0.05, 0.1) is 12.6 Å². The smallest absolute Gasteiger partial charge is 0.243 e. The molecule has 1 aromatic rings. The zero-order valence-electron chi connectivity index (χ0n) is 15.4. The van der Waals surface area contributed by atoms with Crippen LogP contribution < -0.4 is 15.4 Å². The van der Waals surface area contributed by atoms with Gasteiger partial charge in [0.15, 0.2) is 5.96 Å². The van der Waals surface area contributed by atoms with Crippen molar-refractivity contribution in [1.29, 1.82) is 0 Å². The molecule has 146 valence electrons. The molecule has 0 aromatic heterocycles. The van der Waals surface area contributed by atoms with Crippen LogP contribution in [0, 0.1) is 0 Å². The molecule has 0 spiro atoms. The molecule has 8 heteroatoms. The summed E-state index contributed by atoms with van der Waals surface area (Å²) in [4.78, 5) is 17.6. The number of benzene rings is 1. The quantitative estimate of drug-likeness (QED) is 0.258. The fourth-order valence-electron chi connectivity index (χ4n) is 2.33. The molecule has 0 bridgehead atoms. The van der Waals surface area contributed by atoms with Crippen LogP contribution in [0.1, 0.15) is 12.8 Å². The minimum atomic E-state index is -0.0428. The first-order chi connectivity index (χ1) is 12.1. The minimum absolute atomic E-state index is 0. The van der Waals surface area contributed by atoms with E-state index in [4.69, 9.17) is 9.47 Å². The molecule has 2 N–H and O–H groups in total. The fraction of sp³-hybridized carbons (Fsp3) is 0.556. The van der Waals surface area contributed by atoms with Gasteiger partial charge in [-0.1, -0.05) is 18.2 Å². The Morgan fingerprint density at radius 3 is 2.73 bits per heavy atom. The second-order valence-corrected chi connectivity index (χ2v) is 6.06. The van der Waals surface area contributed by atoms with Crippen LogP contribution in [-0.4, -0.2) is 69.8 Å². The van der Waals surface area contributed by atoms with E-state index in [0.717, 1.165) is 25.2 Å². The monoisotopic (exact) mass is 476 g/mol. The maximum absolute atomic E-state index is 11.7. The molecule has 1 amide bonds. The molecule has 1 atom stereocenters. The Morgan fingerprint density at radius 2 is 2.08 bits per heavy atom. The number of likely N-dealkylation sites (N-methyl/N-ethyl adjacent to an activating group) is 1. The van der Waals surface area contributed by atoms with Gasteiger partial charge in [0.25, 0.3) is 0 Å². The first-order valence-electron chi connectivity index (χ1n) is 8.67. The summed E-state index contributed by atoms with van der Waals surface area (Å²) in [7, 11) is 3.44. The molecule has 1 aliphatic rings. The van der Waals surface area contributed by atoms with E-state index < -0.39 is 0 Å². The maximum atomic E-state index is 11.7. The van der Waals surface area contributed by atoms with Gasteiger partial charge in [-0.05, 0) is 25.0 Å². The van der Waals surface area contributed by atoms with Gasteiger partial charge in [0, 0.05) is 27.2 Å². The van der Waals surface area contributed by atoms with Crippen LogP contribution in [0.15, 0.2) is 35.3 Å². The topological polar surface area (TPSA) is 75.2 Å². The number of hydrogen-bond acceptors (Lipinski definition) is 4. The first kappa shape index (κ1) is 22.5. The van der Waals surface area contributed by atoms with Crippen LogP contribution in [0.4, 0.5) is 0 Å². The lowest BCUT2D eigenvalue weighted by atomic mass is 10.2. The van der Waals surface area contributed by atoms with Gasteiger partial charge in [0.2, 0.25) is 5.91 Å². The average Bonchev–Trinajstić information content (AvgIpc) is 3.14. The van der Waals surface area contributed by atoms with Crippen LogP contribution in [-0.2, 0) is 9.53 Å². The second kappa shape index (κ2) is 12.7. The molecular weight excluding hydrogens is 447 g/mol. The summed E-state index contributed by atoms with van der Waals surface area (Å²) >= 11 is 0. The number of hydrogen-bond donors (Lipinski definition) is 2.